The lowest BCUT2D eigenvalue weighted by Crippen LogP contribution is -2.33. The summed E-state index contributed by atoms with van der Waals surface area (Å²) >= 11 is 0. The molecule has 4 nitrogen and oxygen atoms in total. The van der Waals surface area contributed by atoms with E-state index in [0.29, 0.717) is 6.61 Å². The van der Waals surface area contributed by atoms with Crippen molar-refractivity contribution in [1.29, 1.82) is 0 Å². The third-order valence-electron chi connectivity index (χ3n) is 2.03. The molecule has 1 rings (SSSR count). The van der Waals surface area contributed by atoms with Crippen molar-refractivity contribution in [3.05, 3.63) is 35.9 Å². The van der Waals surface area contributed by atoms with E-state index in [0.717, 1.165) is 5.56 Å². The Balaban J connectivity index is 2.22. The largest absolute Gasteiger partial charge is 0.394 e. The zero-order valence-electron chi connectivity index (χ0n) is 8.41. The summed E-state index contributed by atoms with van der Waals surface area (Å²) in [6.07, 6.45) is -2.18. The van der Waals surface area contributed by atoms with Crippen molar-refractivity contribution >= 4 is 0 Å². The Bertz CT molecular complexity index is 263. The fourth-order valence-electron chi connectivity index (χ4n) is 1.10. The van der Waals surface area contributed by atoms with Gasteiger partial charge < -0.3 is 20.1 Å². The van der Waals surface area contributed by atoms with Gasteiger partial charge in [-0.1, -0.05) is 30.3 Å². The second-order valence-corrected chi connectivity index (χ2v) is 3.32. The SMILES string of the molecule is OC[C@@H](O)[C@H](O)COCc1ccccc1. The molecule has 1 aromatic carbocycles. The molecule has 0 aliphatic carbocycles. The van der Waals surface area contributed by atoms with Crippen LogP contribution in [0.1, 0.15) is 5.56 Å². The minimum Gasteiger partial charge on any atom is -0.394 e. The minimum absolute atomic E-state index is 0.0105. The van der Waals surface area contributed by atoms with Crippen LogP contribution in [0, 0.1) is 0 Å². The van der Waals surface area contributed by atoms with Crippen LogP contribution in [0.25, 0.3) is 0 Å². The molecule has 0 spiro atoms. The first-order valence-electron chi connectivity index (χ1n) is 4.82. The smallest absolute Gasteiger partial charge is 0.105 e. The molecule has 0 saturated heterocycles. The topological polar surface area (TPSA) is 69.9 Å². The molecule has 4 heteroatoms. The van der Waals surface area contributed by atoms with E-state index in [-0.39, 0.29) is 6.61 Å². The number of benzene rings is 1. The Labute approximate surface area is 88.8 Å². The summed E-state index contributed by atoms with van der Waals surface area (Å²) in [6, 6.07) is 9.53. The Morgan fingerprint density at radius 3 is 2.33 bits per heavy atom. The predicted octanol–water partition coefficient (Wildman–Crippen LogP) is -0.0827. The molecule has 0 saturated carbocycles. The van der Waals surface area contributed by atoms with Gasteiger partial charge in [0.1, 0.15) is 12.2 Å². The molecule has 0 amide bonds. The quantitative estimate of drug-likeness (QED) is 0.616. The van der Waals surface area contributed by atoms with Crippen LogP contribution in [-0.4, -0.2) is 40.7 Å². The van der Waals surface area contributed by atoms with E-state index in [4.69, 9.17) is 14.9 Å². The summed E-state index contributed by atoms with van der Waals surface area (Å²) in [7, 11) is 0. The van der Waals surface area contributed by atoms with Crippen LogP contribution in [0.5, 0.6) is 0 Å². The van der Waals surface area contributed by atoms with Crippen molar-refractivity contribution in [1.82, 2.24) is 0 Å². The van der Waals surface area contributed by atoms with Crippen LogP contribution in [0.2, 0.25) is 0 Å². The average molecular weight is 212 g/mol. The summed E-state index contributed by atoms with van der Waals surface area (Å²) in [4.78, 5) is 0. The molecule has 0 aromatic heterocycles. The number of rotatable bonds is 6. The molecule has 0 aliphatic heterocycles. The number of aliphatic hydroxyl groups is 3. The molecule has 0 fully saturated rings. The fraction of sp³-hybridized carbons (Fsp3) is 0.455. The Hall–Kier alpha value is -0.940. The van der Waals surface area contributed by atoms with Gasteiger partial charge in [-0.25, -0.2) is 0 Å². The van der Waals surface area contributed by atoms with Crippen molar-refractivity contribution < 1.29 is 20.1 Å². The number of aliphatic hydroxyl groups excluding tert-OH is 3. The molecule has 0 aliphatic rings. The second kappa shape index (κ2) is 6.53. The summed E-state index contributed by atoms with van der Waals surface area (Å²) in [6.45, 7) is -0.0669. The highest BCUT2D eigenvalue weighted by atomic mass is 16.5. The van der Waals surface area contributed by atoms with Crippen molar-refractivity contribution in [2.45, 2.75) is 18.8 Å². The summed E-state index contributed by atoms with van der Waals surface area (Å²) in [5.74, 6) is 0. The lowest BCUT2D eigenvalue weighted by atomic mass is 10.2. The summed E-state index contributed by atoms with van der Waals surface area (Å²) < 4.78 is 5.18. The molecule has 0 heterocycles. The van der Waals surface area contributed by atoms with E-state index in [1.54, 1.807) is 0 Å². The van der Waals surface area contributed by atoms with Crippen LogP contribution >= 0.6 is 0 Å². The third kappa shape index (κ3) is 4.40. The van der Waals surface area contributed by atoms with E-state index in [1.165, 1.54) is 0 Å². The lowest BCUT2D eigenvalue weighted by molar-refractivity contribution is -0.0600. The zero-order chi connectivity index (χ0) is 11.1. The highest BCUT2D eigenvalue weighted by Gasteiger charge is 2.14. The van der Waals surface area contributed by atoms with Gasteiger partial charge in [-0.15, -0.1) is 0 Å². The predicted molar refractivity (Wildman–Crippen MR) is 55.2 cm³/mol. The average Bonchev–Trinajstić information content (AvgIpc) is 2.29. The molecular weight excluding hydrogens is 196 g/mol. The van der Waals surface area contributed by atoms with Gasteiger partial charge in [0, 0.05) is 0 Å². The van der Waals surface area contributed by atoms with E-state index >= 15 is 0 Å². The molecule has 15 heavy (non-hydrogen) atoms. The van der Waals surface area contributed by atoms with Crippen LogP contribution < -0.4 is 0 Å². The highest BCUT2D eigenvalue weighted by molar-refractivity contribution is 5.13. The molecule has 0 radical (unpaired) electrons. The first kappa shape index (κ1) is 12.1. The van der Waals surface area contributed by atoms with Gasteiger partial charge in [0.15, 0.2) is 0 Å². The molecular formula is C11H16O4. The van der Waals surface area contributed by atoms with Gasteiger partial charge in [-0.3, -0.25) is 0 Å². The lowest BCUT2D eigenvalue weighted by Gasteiger charge is -2.15. The maximum Gasteiger partial charge on any atom is 0.105 e. The van der Waals surface area contributed by atoms with Crippen molar-refractivity contribution in [2.75, 3.05) is 13.2 Å². The van der Waals surface area contributed by atoms with Crippen LogP contribution in [0.4, 0.5) is 0 Å². The molecule has 3 N–H and O–H groups in total. The fourth-order valence-corrected chi connectivity index (χ4v) is 1.10. The summed E-state index contributed by atoms with van der Waals surface area (Å²) in [5, 5.41) is 26.9. The van der Waals surface area contributed by atoms with Gasteiger partial charge in [-0.05, 0) is 5.56 Å². The van der Waals surface area contributed by atoms with Gasteiger partial charge in [0.05, 0.1) is 19.8 Å². The summed E-state index contributed by atoms with van der Waals surface area (Å²) in [5.41, 5.74) is 1.00. The maximum absolute atomic E-state index is 9.26. The van der Waals surface area contributed by atoms with E-state index < -0.39 is 18.8 Å². The van der Waals surface area contributed by atoms with E-state index in [1.807, 2.05) is 30.3 Å². The molecule has 2 atom stereocenters. The first-order valence-corrected chi connectivity index (χ1v) is 4.82. The van der Waals surface area contributed by atoms with Crippen molar-refractivity contribution in [3.63, 3.8) is 0 Å². The molecule has 1 aromatic rings. The normalized spacial score (nSPS) is 14.9. The Morgan fingerprint density at radius 2 is 1.73 bits per heavy atom. The standard InChI is InChI=1S/C11H16O4/c12-6-10(13)11(14)8-15-7-9-4-2-1-3-5-9/h1-5,10-14H,6-8H2/t10-,11-/m1/s1. The third-order valence-corrected chi connectivity index (χ3v) is 2.03. The van der Waals surface area contributed by atoms with Crippen molar-refractivity contribution in [3.8, 4) is 0 Å². The molecule has 0 unspecified atom stereocenters. The van der Waals surface area contributed by atoms with Crippen LogP contribution in [0.15, 0.2) is 30.3 Å². The van der Waals surface area contributed by atoms with Gasteiger partial charge in [0.25, 0.3) is 0 Å². The number of hydrogen-bond acceptors (Lipinski definition) is 4. The number of ether oxygens (including phenoxy) is 1. The minimum atomic E-state index is -1.14. The highest BCUT2D eigenvalue weighted by Crippen LogP contribution is 2.02. The maximum atomic E-state index is 9.26. The van der Waals surface area contributed by atoms with Gasteiger partial charge in [0.2, 0.25) is 0 Å². The van der Waals surface area contributed by atoms with Crippen LogP contribution in [-0.2, 0) is 11.3 Å². The first-order chi connectivity index (χ1) is 7.24. The van der Waals surface area contributed by atoms with Gasteiger partial charge in [-0.2, -0.15) is 0 Å². The number of hydrogen-bond donors (Lipinski definition) is 3. The monoisotopic (exact) mass is 212 g/mol. The van der Waals surface area contributed by atoms with E-state index in [2.05, 4.69) is 0 Å². The van der Waals surface area contributed by atoms with Crippen LogP contribution in [0.3, 0.4) is 0 Å². The Kier molecular flexibility index (Phi) is 5.28. The van der Waals surface area contributed by atoms with Crippen molar-refractivity contribution in [2.24, 2.45) is 0 Å². The zero-order valence-corrected chi connectivity index (χ0v) is 8.41. The Morgan fingerprint density at radius 1 is 1.07 bits per heavy atom. The molecule has 0 bridgehead atoms. The van der Waals surface area contributed by atoms with Gasteiger partial charge >= 0.3 is 0 Å². The molecule has 84 valence electrons. The second-order valence-electron chi connectivity index (χ2n) is 3.32. The van der Waals surface area contributed by atoms with E-state index in [9.17, 15) is 5.11 Å².